The first-order valence-electron chi connectivity index (χ1n) is 24.3. The average molecular weight is 869 g/mol. The molecule has 1 rings (SSSR count). The quantitative estimate of drug-likeness (QED) is 0.0270. The van der Waals surface area contributed by atoms with Gasteiger partial charge < -0.3 is 39.4 Å². The van der Waals surface area contributed by atoms with Crippen molar-refractivity contribution in [1.29, 1.82) is 0 Å². The molecule has 1 fully saturated rings. The molecule has 0 aromatic carbocycles. The topological polar surface area (TPSA) is 135 Å². The summed E-state index contributed by atoms with van der Waals surface area (Å²) in [4.78, 5) is 12.8. The average Bonchev–Trinajstić information content (AvgIpc) is 3.27. The molecule has 1 heterocycles. The van der Waals surface area contributed by atoms with E-state index in [1.165, 1.54) is 32.1 Å². The van der Waals surface area contributed by atoms with Crippen molar-refractivity contribution in [2.24, 2.45) is 0 Å². The number of aliphatic hydroxyl groups excluding tert-OH is 4. The van der Waals surface area contributed by atoms with Crippen LogP contribution in [0, 0.1) is 0 Å². The zero-order chi connectivity index (χ0) is 45.0. The van der Waals surface area contributed by atoms with Gasteiger partial charge in [-0.3, -0.25) is 4.79 Å². The molecule has 0 bridgehead atoms. The van der Waals surface area contributed by atoms with Crippen LogP contribution in [-0.4, -0.2) is 89.6 Å². The summed E-state index contributed by atoms with van der Waals surface area (Å²) < 4.78 is 22.8. The van der Waals surface area contributed by atoms with Crippen LogP contribution in [0.2, 0.25) is 0 Å². The Balaban J connectivity index is 2.25. The Morgan fingerprint density at radius 2 is 0.984 bits per heavy atom. The Hall–Kier alpha value is -2.89. The zero-order valence-corrected chi connectivity index (χ0v) is 38.8. The molecule has 0 aromatic rings. The Labute approximate surface area is 377 Å². The van der Waals surface area contributed by atoms with Gasteiger partial charge in [0, 0.05) is 13.0 Å². The minimum absolute atomic E-state index is 0.118. The Morgan fingerprint density at radius 1 is 0.532 bits per heavy atom. The molecule has 0 amide bonds. The van der Waals surface area contributed by atoms with E-state index in [9.17, 15) is 25.2 Å². The molecule has 6 unspecified atom stereocenters. The molecule has 0 aliphatic carbocycles. The molecule has 1 aliphatic heterocycles. The summed E-state index contributed by atoms with van der Waals surface area (Å²) in [6.07, 6.45) is 52.9. The lowest BCUT2D eigenvalue weighted by molar-refractivity contribution is -0.305. The highest BCUT2D eigenvalue weighted by Crippen LogP contribution is 2.22. The summed E-state index contributed by atoms with van der Waals surface area (Å²) in [5.74, 6) is -0.337. The van der Waals surface area contributed by atoms with Crippen LogP contribution in [-0.2, 0) is 23.7 Å². The van der Waals surface area contributed by atoms with Crippen LogP contribution in [0.3, 0.4) is 0 Å². The maximum atomic E-state index is 12.8. The van der Waals surface area contributed by atoms with E-state index in [0.29, 0.717) is 13.0 Å². The molecule has 62 heavy (non-hydrogen) atoms. The summed E-state index contributed by atoms with van der Waals surface area (Å²) in [5, 5.41) is 40.2. The molecule has 1 saturated heterocycles. The number of hydrogen-bond acceptors (Lipinski definition) is 9. The summed E-state index contributed by atoms with van der Waals surface area (Å²) in [6, 6.07) is 0. The van der Waals surface area contributed by atoms with Crippen LogP contribution >= 0.6 is 0 Å². The summed E-state index contributed by atoms with van der Waals surface area (Å²) in [5.41, 5.74) is 0. The first-order chi connectivity index (χ1) is 30.4. The maximum Gasteiger partial charge on any atom is 0.306 e. The highest BCUT2D eigenvalue weighted by Gasteiger charge is 2.44. The second-order valence-corrected chi connectivity index (χ2v) is 16.2. The molecular formula is C53H88O9. The summed E-state index contributed by atoms with van der Waals surface area (Å²) in [6.45, 7) is 4.33. The van der Waals surface area contributed by atoms with Gasteiger partial charge in [-0.15, -0.1) is 0 Å². The van der Waals surface area contributed by atoms with Crippen LogP contribution in [0.25, 0.3) is 0 Å². The van der Waals surface area contributed by atoms with E-state index < -0.39 is 43.4 Å². The molecule has 0 radical (unpaired) electrons. The van der Waals surface area contributed by atoms with E-state index in [-0.39, 0.29) is 19.2 Å². The van der Waals surface area contributed by atoms with Crippen molar-refractivity contribution in [2.75, 3.05) is 26.4 Å². The van der Waals surface area contributed by atoms with Crippen molar-refractivity contribution in [3.8, 4) is 0 Å². The van der Waals surface area contributed by atoms with Crippen molar-refractivity contribution >= 4 is 5.97 Å². The fourth-order valence-electron chi connectivity index (χ4n) is 6.70. The third kappa shape index (κ3) is 33.6. The van der Waals surface area contributed by atoms with Crippen molar-refractivity contribution in [3.05, 3.63) is 97.2 Å². The molecular weight excluding hydrogens is 781 g/mol. The van der Waals surface area contributed by atoms with Crippen molar-refractivity contribution in [1.82, 2.24) is 0 Å². The Bertz CT molecular complexity index is 1260. The third-order valence-electron chi connectivity index (χ3n) is 10.5. The smallest absolute Gasteiger partial charge is 0.306 e. The van der Waals surface area contributed by atoms with E-state index in [4.69, 9.17) is 18.9 Å². The summed E-state index contributed by atoms with van der Waals surface area (Å²) in [7, 11) is 0. The largest absolute Gasteiger partial charge is 0.457 e. The van der Waals surface area contributed by atoms with Crippen LogP contribution in [0.15, 0.2) is 97.2 Å². The van der Waals surface area contributed by atoms with Gasteiger partial charge in [-0.25, -0.2) is 0 Å². The van der Waals surface area contributed by atoms with Gasteiger partial charge in [0.25, 0.3) is 0 Å². The van der Waals surface area contributed by atoms with Crippen LogP contribution in [0.5, 0.6) is 0 Å². The van der Waals surface area contributed by atoms with Crippen molar-refractivity contribution in [2.45, 2.75) is 205 Å². The fraction of sp³-hybridized carbons (Fsp3) is 0.679. The normalized spacial score (nSPS) is 20.6. The number of carbonyl (C=O) groups excluding carboxylic acids is 1. The van der Waals surface area contributed by atoms with Gasteiger partial charge in [0.05, 0.1) is 19.8 Å². The van der Waals surface area contributed by atoms with Crippen LogP contribution in [0.4, 0.5) is 0 Å². The number of allylic oxidation sites excluding steroid dienone is 16. The molecule has 0 saturated carbocycles. The Morgan fingerprint density at radius 3 is 1.50 bits per heavy atom. The molecule has 9 nitrogen and oxygen atoms in total. The van der Waals surface area contributed by atoms with E-state index >= 15 is 0 Å². The van der Waals surface area contributed by atoms with E-state index in [1.54, 1.807) is 0 Å². The van der Waals surface area contributed by atoms with Gasteiger partial charge in [0.15, 0.2) is 6.29 Å². The SMILES string of the molecule is CC/C=C\C/C=C\C/C=C\C/C=C\C/C=C\C/C=C\C/C=C\CCCCCCOCC(COC1OC(CO)C(O)C(O)C1O)OC(=O)CCCCCCC/C=C\CCCCCC. The number of hydrogen-bond donors (Lipinski definition) is 4. The predicted molar refractivity (Wildman–Crippen MR) is 256 cm³/mol. The maximum absolute atomic E-state index is 12.8. The molecule has 0 aromatic heterocycles. The lowest BCUT2D eigenvalue weighted by Gasteiger charge is -2.39. The van der Waals surface area contributed by atoms with Crippen molar-refractivity contribution < 1.29 is 44.2 Å². The summed E-state index contributed by atoms with van der Waals surface area (Å²) >= 11 is 0. The Kier molecular flexibility index (Phi) is 40.0. The van der Waals surface area contributed by atoms with Gasteiger partial charge in [0.2, 0.25) is 0 Å². The fourth-order valence-corrected chi connectivity index (χ4v) is 6.70. The number of carbonyl (C=O) groups is 1. The van der Waals surface area contributed by atoms with Crippen LogP contribution < -0.4 is 0 Å². The number of esters is 1. The first kappa shape index (κ1) is 57.1. The zero-order valence-electron chi connectivity index (χ0n) is 38.8. The number of unbranched alkanes of at least 4 members (excludes halogenated alkanes) is 13. The monoisotopic (exact) mass is 869 g/mol. The predicted octanol–water partition coefficient (Wildman–Crippen LogP) is 11.6. The van der Waals surface area contributed by atoms with Crippen LogP contribution in [0.1, 0.15) is 168 Å². The highest BCUT2D eigenvalue weighted by atomic mass is 16.7. The van der Waals surface area contributed by atoms with Gasteiger partial charge in [0.1, 0.15) is 30.5 Å². The second kappa shape index (κ2) is 43.4. The third-order valence-corrected chi connectivity index (χ3v) is 10.5. The molecule has 354 valence electrons. The number of ether oxygens (including phenoxy) is 4. The molecule has 0 spiro atoms. The lowest BCUT2D eigenvalue weighted by Crippen LogP contribution is -2.59. The molecule has 1 aliphatic rings. The van der Waals surface area contributed by atoms with E-state index in [0.717, 1.165) is 116 Å². The number of aliphatic hydroxyl groups is 4. The van der Waals surface area contributed by atoms with Crippen molar-refractivity contribution in [3.63, 3.8) is 0 Å². The number of rotatable bonds is 40. The highest BCUT2D eigenvalue weighted by molar-refractivity contribution is 5.69. The van der Waals surface area contributed by atoms with Gasteiger partial charge in [-0.05, 0) is 96.3 Å². The standard InChI is InChI=1S/C53H88O9/c1-3-5-7-9-11-13-15-17-18-19-20-21-22-23-24-25-26-27-28-29-31-33-35-37-39-41-43-59-45-47(46-60-53-52(58)51(57)50(56)48(44-54)62-53)61-49(55)42-40-38-36-34-32-30-16-14-12-10-8-6-4-2/h5,7,11,13-14,16-18,20-21,23-24,26-27,29,31,47-48,50-54,56-58H,3-4,6,8-10,12,15,19,22,25,28,30,32-46H2,1-2H3/b7-5-,13-11-,16-14-,18-17-,21-20-,24-23-,27-26-,31-29-. The van der Waals surface area contributed by atoms with Gasteiger partial charge in [-0.2, -0.15) is 0 Å². The second-order valence-electron chi connectivity index (χ2n) is 16.2. The molecule has 4 N–H and O–H groups in total. The van der Waals surface area contributed by atoms with Gasteiger partial charge >= 0.3 is 5.97 Å². The molecule has 9 heteroatoms. The molecule has 6 atom stereocenters. The first-order valence-corrected chi connectivity index (χ1v) is 24.3. The van der Waals surface area contributed by atoms with Gasteiger partial charge in [-0.1, -0.05) is 162 Å². The minimum Gasteiger partial charge on any atom is -0.457 e. The lowest BCUT2D eigenvalue weighted by atomic mass is 9.99. The minimum atomic E-state index is -1.55. The van der Waals surface area contributed by atoms with E-state index in [2.05, 4.69) is 111 Å². The van der Waals surface area contributed by atoms with E-state index in [1.807, 2.05) is 0 Å².